The van der Waals surface area contributed by atoms with E-state index in [2.05, 4.69) is 10.2 Å². The van der Waals surface area contributed by atoms with Crippen molar-refractivity contribution in [3.8, 4) is 5.75 Å². The molecule has 5 nitrogen and oxygen atoms in total. The van der Waals surface area contributed by atoms with Crippen molar-refractivity contribution in [1.82, 2.24) is 4.90 Å². The number of hydrogen-bond donors (Lipinski definition) is 1. The summed E-state index contributed by atoms with van der Waals surface area (Å²) in [4.78, 5) is 14.3. The molecule has 1 atom stereocenters. The van der Waals surface area contributed by atoms with Crippen LogP contribution < -0.4 is 10.1 Å². The van der Waals surface area contributed by atoms with Crippen molar-refractivity contribution in [2.45, 2.75) is 13.0 Å². The van der Waals surface area contributed by atoms with Crippen molar-refractivity contribution in [3.05, 3.63) is 23.2 Å². The molecule has 6 heteroatoms. The highest BCUT2D eigenvalue weighted by Gasteiger charge is 2.23. The topological polar surface area (TPSA) is 50.8 Å². The fourth-order valence-electron chi connectivity index (χ4n) is 2.12. The maximum absolute atomic E-state index is 12.2. The Balaban J connectivity index is 1.98. The maximum atomic E-state index is 12.2. The van der Waals surface area contributed by atoms with Gasteiger partial charge < -0.3 is 14.8 Å². The Morgan fingerprint density at radius 2 is 2.15 bits per heavy atom. The summed E-state index contributed by atoms with van der Waals surface area (Å²) < 4.78 is 10.4. The lowest BCUT2D eigenvalue weighted by atomic mass is 10.2. The summed E-state index contributed by atoms with van der Waals surface area (Å²) in [7, 11) is 1.56. The summed E-state index contributed by atoms with van der Waals surface area (Å²) in [6, 6.07) is 5.00. The van der Waals surface area contributed by atoms with Crippen LogP contribution in [0.3, 0.4) is 0 Å². The minimum atomic E-state index is -0.195. The van der Waals surface area contributed by atoms with Crippen LogP contribution in [0.1, 0.15) is 6.92 Å². The predicted molar refractivity (Wildman–Crippen MR) is 78.5 cm³/mol. The van der Waals surface area contributed by atoms with Gasteiger partial charge in [0.15, 0.2) is 0 Å². The third-order valence-corrected chi connectivity index (χ3v) is 3.69. The third-order valence-electron chi connectivity index (χ3n) is 3.39. The summed E-state index contributed by atoms with van der Waals surface area (Å²) in [6.07, 6.45) is 0. The Labute approximate surface area is 123 Å². The van der Waals surface area contributed by atoms with E-state index in [9.17, 15) is 4.79 Å². The van der Waals surface area contributed by atoms with Crippen molar-refractivity contribution in [2.24, 2.45) is 0 Å². The van der Waals surface area contributed by atoms with Crippen molar-refractivity contribution >= 4 is 23.2 Å². The molecule has 20 heavy (non-hydrogen) atoms. The highest BCUT2D eigenvalue weighted by atomic mass is 35.5. The molecular weight excluding hydrogens is 280 g/mol. The Kier molecular flexibility index (Phi) is 5.23. The van der Waals surface area contributed by atoms with E-state index in [4.69, 9.17) is 21.1 Å². The van der Waals surface area contributed by atoms with Gasteiger partial charge in [0, 0.05) is 18.8 Å². The Bertz CT molecular complexity index is 475. The van der Waals surface area contributed by atoms with Gasteiger partial charge in [-0.1, -0.05) is 11.6 Å². The Morgan fingerprint density at radius 1 is 1.45 bits per heavy atom. The smallest absolute Gasteiger partial charge is 0.241 e. The maximum Gasteiger partial charge on any atom is 0.241 e. The SMILES string of the molecule is COc1ccc(NC(=O)[C@@H](C)N2CCOCC2)cc1Cl. The lowest BCUT2D eigenvalue weighted by molar-refractivity contribution is -0.122. The number of nitrogens with zero attached hydrogens (tertiary/aromatic N) is 1. The summed E-state index contributed by atoms with van der Waals surface area (Å²) >= 11 is 6.04. The van der Waals surface area contributed by atoms with Gasteiger partial charge in [0.2, 0.25) is 5.91 Å². The molecule has 0 aliphatic carbocycles. The molecule has 0 saturated carbocycles. The van der Waals surface area contributed by atoms with Crippen molar-refractivity contribution in [3.63, 3.8) is 0 Å². The van der Waals surface area contributed by atoms with Crippen molar-refractivity contribution < 1.29 is 14.3 Å². The van der Waals surface area contributed by atoms with Gasteiger partial charge >= 0.3 is 0 Å². The van der Waals surface area contributed by atoms with E-state index >= 15 is 0 Å². The molecule has 1 amide bonds. The zero-order valence-electron chi connectivity index (χ0n) is 11.7. The van der Waals surface area contributed by atoms with Crippen LogP contribution in [-0.2, 0) is 9.53 Å². The number of benzene rings is 1. The van der Waals surface area contributed by atoms with E-state index in [1.54, 1.807) is 25.3 Å². The first-order valence-corrected chi connectivity index (χ1v) is 6.96. The van der Waals surface area contributed by atoms with E-state index in [0.717, 1.165) is 13.1 Å². The molecule has 0 bridgehead atoms. The number of nitrogens with one attached hydrogen (secondary N) is 1. The highest BCUT2D eigenvalue weighted by molar-refractivity contribution is 6.32. The van der Waals surface area contributed by atoms with E-state index < -0.39 is 0 Å². The third kappa shape index (κ3) is 3.62. The van der Waals surface area contributed by atoms with Gasteiger partial charge in [-0.15, -0.1) is 0 Å². The van der Waals surface area contributed by atoms with Crippen LogP contribution in [0.5, 0.6) is 5.75 Å². The van der Waals surface area contributed by atoms with Crippen LogP contribution >= 0.6 is 11.6 Å². The second kappa shape index (κ2) is 6.92. The molecule has 0 spiro atoms. The molecule has 110 valence electrons. The number of carbonyl (C=O) groups excluding carboxylic acids is 1. The summed E-state index contributed by atoms with van der Waals surface area (Å²) in [6.45, 7) is 4.79. The molecule has 1 aliphatic heterocycles. The van der Waals surface area contributed by atoms with E-state index in [0.29, 0.717) is 29.7 Å². The number of carbonyl (C=O) groups is 1. The van der Waals surface area contributed by atoms with Crippen molar-refractivity contribution in [2.75, 3.05) is 38.7 Å². The van der Waals surface area contributed by atoms with Crippen LogP contribution in [0.2, 0.25) is 5.02 Å². The molecular formula is C14H19ClN2O3. The standard InChI is InChI=1S/C14H19ClN2O3/c1-10(17-5-7-20-8-6-17)14(18)16-11-3-4-13(19-2)12(15)9-11/h3-4,9-10H,5-8H2,1-2H3,(H,16,18)/t10-/m1/s1. The molecule has 1 fully saturated rings. The number of halogens is 1. The zero-order chi connectivity index (χ0) is 14.5. The predicted octanol–water partition coefficient (Wildman–Crippen LogP) is 2.01. The average molecular weight is 299 g/mol. The molecule has 0 aromatic heterocycles. The first-order valence-electron chi connectivity index (χ1n) is 6.58. The van der Waals surface area contributed by atoms with Gasteiger partial charge in [0.1, 0.15) is 5.75 Å². The van der Waals surface area contributed by atoms with E-state index in [1.807, 2.05) is 6.92 Å². The molecule has 0 radical (unpaired) electrons. The van der Waals surface area contributed by atoms with E-state index in [-0.39, 0.29) is 11.9 Å². The highest BCUT2D eigenvalue weighted by Crippen LogP contribution is 2.27. The summed E-state index contributed by atoms with van der Waals surface area (Å²) in [5, 5.41) is 3.35. The summed E-state index contributed by atoms with van der Waals surface area (Å²) in [5.74, 6) is 0.541. The molecule has 0 unspecified atom stereocenters. The minimum Gasteiger partial charge on any atom is -0.495 e. The number of rotatable bonds is 4. The van der Waals surface area contributed by atoms with Crippen LogP contribution in [-0.4, -0.2) is 50.3 Å². The second-order valence-electron chi connectivity index (χ2n) is 4.66. The molecule has 1 saturated heterocycles. The minimum absolute atomic E-state index is 0.0480. The van der Waals surface area contributed by atoms with Gasteiger partial charge in [0.05, 0.1) is 31.4 Å². The van der Waals surface area contributed by atoms with Crippen molar-refractivity contribution in [1.29, 1.82) is 0 Å². The van der Waals surface area contributed by atoms with Crippen LogP contribution in [0.4, 0.5) is 5.69 Å². The van der Waals surface area contributed by atoms with E-state index in [1.165, 1.54) is 0 Å². The quantitative estimate of drug-likeness (QED) is 0.924. The lowest BCUT2D eigenvalue weighted by Gasteiger charge is -2.31. The Hall–Kier alpha value is -1.30. The molecule has 1 aromatic rings. The van der Waals surface area contributed by atoms with Crippen LogP contribution in [0.15, 0.2) is 18.2 Å². The first kappa shape index (κ1) is 15.1. The zero-order valence-corrected chi connectivity index (χ0v) is 12.4. The molecule has 2 rings (SSSR count). The first-order chi connectivity index (χ1) is 9.61. The van der Waals surface area contributed by atoms with Gasteiger partial charge in [-0.05, 0) is 25.1 Å². The molecule has 1 aliphatic rings. The number of methoxy groups -OCH3 is 1. The van der Waals surface area contributed by atoms with Gasteiger partial charge in [-0.25, -0.2) is 0 Å². The molecule has 1 aromatic carbocycles. The normalized spacial score (nSPS) is 17.6. The second-order valence-corrected chi connectivity index (χ2v) is 5.07. The average Bonchev–Trinajstić information content (AvgIpc) is 2.47. The largest absolute Gasteiger partial charge is 0.495 e. The fourth-order valence-corrected chi connectivity index (χ4v) is 2.38. The lowest BCUT2D eigenvalue weighted by Crippen LogP contribution is -2.47. The van der Waals surface area contributed by atoms with Crippen LogP contribution in [0.25, 0.3) is 0 Å². The number of amides is 1. The Morgan fingerprint density at radius 3 is 2.75 bits per heavy atom. The fraction of sp³-hybridized carbons (Fsp3) is 0.500. The van der Waals surface area contributed by atoms with Gasteiger partial charge in [-0.3, -0.25) is 9.69 Å². The van der Waals surface area contributed by atoms with Crippen LogP contribution in [0, 0.1) is 0 Å². The number of anilines is 1. The number of ether oxygens (including phenoxy) is 2. The molecule has 1 heterocycles. The number of hydrogen-bond acceptors (Lipinski definition) is 4. The number of morpholine rings is 1. The molecule has 1 N–H and O–H groups in total. The monoisotopic (exact) mass is 298 g/mol. The summed E-state index contributed by atoms with van der Waals surface area (Å²) in [5.41, 5.74) is 0.668. The van der Waals surface area contributed by atoms with Gasteiger partial charge in [0.25, 0.3) is 0 Å². The van der Waals surface area contributed by atoms with Gasteiger partial charge in [-0.2, -0.15) is 0 Å².